The number of fused-ring (bicyclic) bond motifs is 1. The lowest BCUT2D eigenvalue weighted by Crippen LogP contribution is -2.47. The summed E-state index contributed by atoms with van der Waals surface area (Å²) in [6.07, 6.45) is 5.41. The Morgan fingerprint density at radius 1 is 1.22 bits per heavy atom. The fraction of sp³-hybridized carbons (Fsp3) is 0.600. The zero-order valence-corrected chi connectivity index (χ0v) is 10.8. The van der Waals surface area contributed by atoms with Crippen molar-refractivity contribution in [3.63, 3.8) is 0 Å². The molecule has 0 amide bonds. The monoisotopic (exact) mass is 246 g/mol. The van der Waals surface area contributed by atoms with E-state index in [4.69, 9.17) is 5.73 Å². The highest BCUT2D eigenvalue weighted by molar-refractivity contribution is 5.51. The Balaban J connectivity index is 1.78. The molecule has 3 rings (SSSR count). The number of anilines is 1. The molecule has 0 spiro atoms. The molecule has 2 atom stereocenters. The van der Waals surface area contributed by atoms with Crippen molar-refractivity contribution in [2.24, 2.45) is 0 Å². The third kappa shape index (κ3) is 2.13. The molecule has 3 nitrogen and oxygen atoms in total. The van der Waals surface area contributed by atoms with Gasteiger partial charge in [0.25, 0.3) is 0 Å². The van der Waals surface area contributed by atoms with Crippen LogP contribution in [0, 0.1) is 0 Å². The molecule has 1 heterocycles. The van der Waals surface area contributed by atoms with Crippen LogP contribution in [-0.2, 0) is 13.0 Å². The summed E-state index contributed by atoms with van der Waals surface area (Å²) < 4.78 is 0. The molecule has 1 aromatic rings. The van der Waals surface area contributed by atoms with E-state index >= 15 is 0 Å². The van der Waals surface area contributed by atoms with Gasteiger partial charge in [0, 0.05) is 24.8 Å². The third-order valence-corrected chi connectivity index (χ3v) is 4.49. The summed E-state index contributed by atoms with van der Waals surface area (Å²) in [5.74, 6) is 0. The van der Waals surface area contributed by atoms with Gasteiger partial charge in [-0.15, -0.1) is 0 Å². The van der Waals surface area contributed by atoms with Gasteiger partial charge in [0.2, 0.25) is 0 Å². The van der Waals surface area contributed by atoms with Crippen LogP contribution in [0.5, 0.6) is 0 Å². The molecule has 0 bridgehead atoms. The van der Waals surface area contributed by atoms with Gasteiger partial charge < -0.3 is 10.8 Å². The van der Waals surface area contributed by atoms with Crippen LogP contribution in [-0.4, -0.2) is 28.7 Å². The maximum absolute atomic E-state index is 10.2. The van der Waals surface area contributed by atoms with Gasteiger partial charge in [-0.2, -0.15) is 0 Å². The Bertz CT molecular complexity index is 433. The lowest BCUT2D eigenvalue weighted by Gasteiger charge is -2.40. The summed E-state index contributed by atoms with van der Waals surface area (Å²) in [4.78, 5) is 2.45. The molecule has 1 aromatic carbocycles. The van der Waals surface area contributed by atoms with Crippen molar-refractivity contribution in [3.05, 3.63) is 29.3 Å². The molecule has 18 heavy (non-hydrogen) atoms. The number of rotatable bonds is 1. The molecule has 3 N–H and O–H groups in total. The highest BCUT2D eigenvalue weighted by Crippen LogP contribution is 2.30. The van der Waals surface area contributed by atoms with Crippen molar-refractivity contribution in [2.75, 3.05) is 12.3 Å². The van der Waals surface area contributed by atoms with Gasteiger partial charge >= 0.3 is 0 Å². The van der Waals surface area contributed by atoms with Crippen LogP contribution in [0.1, 0.15) is 36.8 Å². The van der Waals surface area contributed by atoms with E-state index in [1.165, 1.54) is 24.0 Å². The number of nitrogens with two attached hydrogens (primary N) is 1. The number of nitrogen functional groups attached to an aromatic ring is 1. The van der Waals surface area contributed by atoms with Crippen molar-refractivity contribution in [3.8, 4) is 0 Å². The van der Waals surface area contributed by atoms with Crippen LogP contribution in [0.15, 0.2) is 18.2 Å². The number of aliphatic hydroxyl groups is 1. The van der Waals surface area contributed by atoms with Gasteiger partial charge in [0.05, 0.1) is 6.10 Å². The molecule has 1 aliphatic carbocycles. The normalized spacial score (nSPS) is 28.9. The molecular weight excluding hydrogens is 224 g/mol. The molecular formula is C15H22N2O. The molecule has 0 radical (unpaired) electrons. The second-order valence-corrected chi connectivity index (χ2v) is 5.62. The van der Waals surface area contributed by atoms with Gasteiger partial charge in [0.1, 0.15) is 0 Å². The van der Waals surface area contributed by atoms with E-state index in [0.717, 1.165) is 38.0 Å². The predicted octanol–water partition coefficient (Wildman–Crippen LogP) is 1.93. The van der Waals surface area contributed by atoms with Crippen LogP contribution in [0.3, 0.4) is 0 Å². The predicted molar refractivity (Wildman–Crippen MR) is 73.2 cm³/mol. The molecule has 1 aliphatic heterocycles. The van der Waals surface area contributed by atoms with Gasteiger partial charge in [-0.1, -0.05) is 25.0 Å². The topological polar surface area (TPSA) is 49.5 Å². The molecule has 0 saturated heterocycles. The van der Waals surface area contributed by atoms with Crippen molar-refractivity contribution in [1.82, 2.24) is 4.90 Å². The summed E-state index contributed by atoms with van der Waals surface area (Å²) in [5, 5.41) is 10.2. The lowest BCUT2D eigenvalue weighted by molar-refractivity contribution is 0.0132. The minimum atomic E-state index is -0.138. The average Bonchev–Trinajstić information content (AvgIpc) is 2.39. The van der Waals surface area contributed by atoms with E-state index < -0.39 is 0 Å². The first-order valence-corrected chi connectivity index (χ1v) is 7.04. The number of benzene rings is 1. The lowest BCUT2D eigenvalue weighted by atomic mass is 9.89. The second kappa shape index (κ2) is 4.90. The fourth-order valence-corrected chi connectivity index (χ4v) is 3.46. The molecule has 3 heteroatoms. The zero-order chi connectivity index (χ0) is 12.5. The Morgan fingerprint density at radius 2 is 2.06 bits per heavy atom. The summed E-state index contributed by atoms with van der Waals surface area (Å²) in [6.45, 7) is 1.98. The Labute approximate surface area is 109 Å². The highest BCUT2D eigenvalue weighted by atomic mass is 16.3. The van der Waals surface area contributed by atoms with Crippen molar-refractivity contribution < 1.29 is 5.11 Å². The van der Waals surface area contributed by atoms with E-state index in [9.17, 15) is 5.11 Å². The van der Waals surface area contributed by atoms with Gasteiger partial charge in [-0.05, 0) is 36.5 Å². The summed E-state index contributed by atoms with van der Waals surface area (Å²) in [6, 6.07) is 6.56. The van der Waals surface area contributed by atoms with Crippen LogP contribution in [0.25, 0.3) is 0 Å². The molecule has 1 saturated carbocycles. The van der Waals surface area contributed by atoms with Crippen molar-refractivity contribution in [1.29, 1.82) is 0 Å². The van der Waals surface area contributed by atoms with E-state index in [0.29, 0.717) is 6.04 Å². The van der Waals surface area contributed by atoms with E-state index in [1.807, 2.05) is 12.1 Å². The second-order valence-electron chi connectivity index (χ2n) is 5.62. The number of aliphatic hydroxyl groups excluding tert-OH is 1. The smallest absolute Gasteiger partial charge is 0.0695 e. The highest BCUT2D eigenvalue weighted by Gasteiger charge is 2.30. The Hall–Kier alpha value is -1.06. The average molecular weight is 246 g/mol. The summed E-state index contributed by atoms with van der Waals surface area (Å²) >= 11 is 0. The van der Waals surface area contributed by atoms with Gasteiger partial charge in [-0.3, -0.25) is 4.90 Å². The van der Waals surface area contributed by atoms with Crippen LogP contribution >= 0.6 is 0 Å². The molecule has 0 aromatic heterocycles. The standard InChI is InChI=1S/C15H22N2O/c16-13-5-3-4-11-10-17(9-8-12(11)13)14-6-1-2-7-15(14)18/h3-5,14-15,18H,1-2,6-10,16H2. The third-order valence-electron chi connectivity index (χ3n) is 4.49. The number of nitrogens with zero attached hydrogens (tertiary/aromatic N) is 1. The van der Waals surface area contributed by atoms with Gasteiger partial charge in [0.15, 0.2) is 0 Å². The van der Waals surface area contributed by atoms with Crippen LogP contribution in [0.2, 0.25) is 0 Å². The van der Waals surface area contributed by atoms with E-state index in [1.54, 1.807) is 0 Å². The maximum atomic E-state index is 10.2. The minimum absolute atomic E-state index is 0.138. The van der Waals surface area contributed by atoms with Crippen LogP contribution < -0.4 is 5.73 Å². The fourth-order valence-electron chi connectivity index (χ4n) is 3.46. The van der Waals surface area contributed by atoms with Crippen molar-refractivity contribution in [2.45, 2.75) is 50.8 Å². The van der Waals surface area contributed by atoms with E-state index in [2.05, 4.69) is 11.0 Å². The largest absolute Gasteiger partial charge is 0.398 e. The number of hydrogen-bond acceptors (Lipinski definition) is 3. The summed E-state index contributed by atoms with van der Waals surface area (Å²) in [7, 11) is 0. The van der Waals surface area contributed by atoms with Gasteiger partial charge in [-0.25, -0.2) is 0 Å². The molecule has 2 aliphatic rings. The zero-order valence-electron chi connectivity index (χ0n) is 10.8. The first-order valence-electron chi connectivity index (χ1n) is 7.04. The van der Waals surface area contributed by atoms with Crippen LogP contribution in [0.4, 0.5) is 5.69 Å². The maximum Gasteiger partial charge on any atom is 0.0695 e. The first kappa shape index (κ1) is 12.0. The van der Waals surface area contributed by atoms with E-state index in [-0.39, 0.29) is 6.10 Å². The quantitative estimate of drug-likeness (QED) is 0.744. The molecule has 2 unspecified atom stereocenters. The molecule has 1 fully saturated rings. The minimum Gasteiger partial charge on any atom is -0.398 e. The Kier molecular flexibility index (Phi) is 3.27. The SMILES string of the molecule is Nc1cccc2c1CCN(C1CCCCC1O)C2. The van der Waals surface area contributed by atoms with Crippen molar-refractivity contribution >= 4 is 5.69 Å². The number of hydrogen-bond donors (Lipinski definition) is 2. The Morgan fingerprint density at radius 3 is 2.89 bits per heavy atom. The first-order chi connectivity index (χ1) is 8.75. The summed E-state index contributed by atoms with van der Waals surface area (Å²) in [5.41, 5.74) is 9.62. The molecule has 98 valence electrons.